The highest BCUT2D eigenvalue weighted by atomic mass is 32.2. The molecule has 1 amide bonds. The van der Waals surface area contributed by atoms with Gasteiger partial charge in [0.1, 0.15) is 21.8 Å². The number of carbonyl (C=O) groups excluding carboxylic acids is 1. The van der Waals surface area contributed by atoms with Crippen molar-refractivity contribution in [2.75, 3.05) is 14.2 Å². The number of nitrogens with one attached hydrogen (secondary N) is 2. The molecule has 0 unspecified atom stereocenters. The third-order valence-corrected chi connectivity index (χ3v) is 6.78. The van der Waals surface area contributed by atoms with Crippen LogP contribution >= 0.6 is 11.3 Å². The van der Waals surface area contributed by atoms with E-state index in [1.165, 1.54) is 13.2 Å². The van der Waals surface area contributed by atoms with Crippen molar-refractivity contribution in [1.82, 2.24) is 10.0 Å². The molecule has 1 aromatic heterocycles. The molecule has 0 spiro atoms. The summed E-state index contributed by atoms with van der Waals surface area (Å²) in [4.78, 5) is 12.6. The van der Waals surface area contributed by atoms with Gasteiger partial charge in [0.25, 0.3) is 10.0 Å². The van der Waals surface area contributed by atoms with Crippen molar-refractivity contribution in [1.29, 1.82) is 0 Å². The van der Waals surface area contributed by atoms with Crippen LogP contribution in [0.2, 0.25) is 0 Å². The van der Waals surface area contributed by atoms with Crippen molar-refractivity contribution in [3.63, 3.8) is 0 Å². The molecule has 0 fully saturated rings. The third-order valence-electron chi connectivity index (χ3n) is 3.94. The maximum Gasteiger partial charge on any atom is 0.250 e. The number of carbonyl (C=O) groups is 1. The van der Waals surface area contributed by atoms with Crippen molar-refractivity contribution in [2.45, 2.75) is 30.6 Å². The van der Waals surface area contributed by atoms with Crippen molar-refractivity contribution >= 4 is 27.3 Å². The molecule has 2 aromatic rings. The van der Waals surface area contributed by atoms with Gasteiger partial charge in [-0.25, -0.2) is 8.42 Å². The van der Waals surface area contributed by atoms with E-state index in [1.807, 2.05) is 0 Å². The minimum atomic E-state index is -3.74. The van der Waals surface area contributed by atoms with Crippen LogP contribution in [0.4, 0.5) is 0 Å². The lowest BCUT2D eigenvalue weighted by Crippen LogP contribution is -2.49. The fourth-order valence-electron chi connectivity index (χ4n) is 2.42. The van der Waals surface area contributed by atoms with Crippen molar-refractivity contribution in [3.8, 4) is 11.5 Å². The summed E-state index contributed by atoms with van der Waals surface area (Å²) in [5.74, 6) is 0.598. The lowest BCUT2D eigenvalue weighted by atomic mass is 10.0. The smallest absolute Gasteiger partial charge is 0.250 e. The van der Waals surface area contributed by atoms with Gasteiger partial charge in [0, 0.05) is 18.2 Å². The van der Waals surface area contributed by atoms with E-state index in [1.54, 1.807) is 50.6 Å². The van der Waals surface area contributed by atoms with E-state index in [-0.39, 0.29) is 16.7 Å². The molecular formula is C18H24N2O5S2. The van der Waals surface area contributed by atoms with Gasteiger partial charge in [-0.2, -0.15) is 4.72 Å². The van der Waals surface area contributed by atoms with Crippen LogP contribution in [0.3, 0.4) is 0 Å². The van der Waals surface area contributed by atoms with E-state index in [0.717, 1.165) is 16.9 Å². The maximum atomic E-state index is 12.6. The molecule has 27 heavy (non-hydrogen) atoms. The Kier molecular flexibility index (Phi) is 7.23. The number of rotatable bonds is 9. The summed E-state index contributed by atoms with van der Waals surface area (Å²) in [5, 5.41) is 4.45. The minimum Gasteiger partial charge on any atom is -0.497 e. The number of sulfonamides is 1. The summed E-state index contributed by atoms with van der Waals surface area (Å²) in [6, 6.07) is 7.55. The molecular weight excluding hydrogens is 388 g/mol. The SMILES string of the molecule is COc1ccc(CNC(=O)[C@H](NS(=O)(=O)c2cccs2)C(C)C)c(OC)c1. The lowest BCUT2D eigenvalue weighted by molar-refractivity contribution is -0.123. The van der Waals surface area contributed by atoms with Gasteiger partial charge >= 0.3 is 0 Å². The molecule has 0 aliphatic carbocycles. The Balaban J connectivity index is 2.10. The summed E-state index contributed by atoms with van der Waals surface area (Å²) >= 11 is 1.10. The summed E-state index contributed by atoms with van der Waals surface area (Å²) in [7, 11) is -0.652. The molecule has 2 N–H and O–H groups in total. The molecule has 148 valence electrons. The zero-order valence-electron chi connectivity index (χ0n) is 15.7. The zero-order chi connectivity index (χ0) is 20.0. The molecule has 1 heterocycles. The molecule has 1 atom stereocenters. The van der Waals surface area contributed by atoms with Crippen LogP contribution in [0.1, 0.15) is 19.4 Å². The first-order valence-corrected chi connectivity index (χ1v) is 10.7. The molecule has 0 aliphatic rings. The monoisotopic (exact) mass is 412 g/mol. The van der Waals surface area contributed by atoms with E-state index < -0.39 is 22.0 Å². The first-order chi connectivity index (χ1) is 12.8. The Hall–Kier alpha value is -2.10. The van der Waals surface area contributed by atoms with Crippen LogP contribution in [0.25, 0.3) is 0 Å². The number of benzene rings is 1. The van der Waals surface area contributed by atoms with Gasteiger partial charge < -0.3 is 14.8 Å². The average Bonchev–Trinajstić information content (AvgIpc) is 3.19. The molecule has 0 radical (unpaired) electrons. The molecule has 0 saturated heterocycles. The van der Waals surface area contributed by atoms with Gasteiger partial charge in [-0.05, 0) is 29.5 Å². The molecule has 0 saturated carbocycles. The molecule has 9 heteroatoms. The number of methoxy groups -OCH3 is 2. The number of ether oxygens (including phenoxy) is 2. The Morgan fingerprint density at radius 3 is 2.48 bits per heavy atom. The summed E-state index contributed by atoms with van der Waals surface area (Å²) < 4.78 is 38.0. The van der Waals surface area contributed by atoms with E-state index >= 15 is 0 Å². The third kappa shape index (κ3) is 5.44. The number of hydrogen-bond acceptors (Lipinski definition) is 6. The van der Waals surface area contributed by atoms with Crippen LogP contribution in [-0.4, -0.2) is 34.6 Å². The Morgan fingerprint density at radius 1 is 1.19 bits per heavy atom. The van der Waals surface area contributed by atoms with Crippen molar-refractivity contribution in [2.24, 2.45) is 5.92 Å². The highest BCUT2D eigenvalue weighted by Gasteiger charge is 2.28. The fraction of sp³-hybridized carbons (Fsp3) is 0.389. The highest BCUT2D eigenvalue weighted by Crippen LogP contribution is 2.24. The summed E-state index contributed by atoms with van der Waals surface area (Å²) in [6.45, 7) is 3.78. The van der Waals surface area contributed by atoms with Gasteiger partial charge in [0.05, 0.1) is 14.2 Å². The normalized spacial score (nSPS) is 12.6. The van der Waals surface area contributed by atoms with Gasteiger partial charge in [0.2, 0.25) is 5.91 Å². The number of hydrogen-bond donors (Lipinski definition) is 2. The van der Waals surface area contributed by atoms with E-state index in [9.17, 15) is 13.2 Å². The molecule has 0 aliphatic heterocycles. The van der Waals surface area contributed by atoms with Crippen LogP contribution in [-0.2, 0) is 21.4 Å². The molecule has 2 rings (SSSR count). The van der Waals surface area contributed by atoms with Crippen LogP contribution < -0.4 is 19.5 Å². The Bertz CT molecular complexity index is 864. The van der Waals surface area contributed by atoms with E-state index in [2.05, 4.69) is 10.0 Å². The van der Waals surface area contributed by atoms with Gasteiger partial charge in [-0.1, -0.05) is 19.9 Å². The summed E-state index contributed by atoms with van der Waals surface area (Å²) in [6.07, 6.45) is 0. The number of amides is 1. The van der Waals surface area contributed by atoms with E-state index in [0.29, 0.717) is 11.5 Å². The second-order valence-electron chi connectivity index (χ2n) is 6.17. The predicted octanol–water partition coefficient (Wildman–Crippen LogP) is 2.38. The number of thiophene rings is 1. The Morgan fingerprint density at radius 2 is 1.93 bits per heavy atom. The molecule has 7 nitrogen and oxygen atoms in total. The second kappa shape index (κ2) is 9.20. The highest BCUT2D eigenvalue weighted by molar-refractivity contribution is 7.91. The Labute approximate surface area is 163 Å². The van der Waals surface area contributed by atoms with E-state index in [4.69, 9.17) is 9.47 Å². The quantitative estimate of drug-likeness (QED) is 0.660. The van der Waals surface area contributed by atoms with Gasteiger partial charge in [0.15, 0.2) is 0 Å². The first kappa shape index (κ1) is 21.2. The van der Waals surface area contributed by atoms with Gasteiger partial charge in [-0.15, -0.1) is 11.3 Å². The predicted molar refractivity (Wildman–Crippen MR) is 105 cm³/mol. The topological polar surface area (TPSA) is 93.7 Å². The maximum absolute atomic E-state index is 12.6. The standard InChI is InChI=1S/C18H24N2O5S2/c1-12(2)17(20-27(22,23)16-6-5-9-26-16)18(21)19-11-13-7-8-14(24-3)10-15(13)25-4/h5-10,12,17,20H,11H2,1-4H3,(H,19,21)/t17-/m1/s1. The average molecular weight is 413 g/mol. The largest absolute Gasteiger partial charge is 0.497 e. The van der Waals surface area contributed by atoms with Crippen molar-refractivity contribution < 1.29 is 22.7 Å². The van der Waals surface area contributed by atoms with Crippen LogP contribution in [0.15, 0.2) is 39.9 Å². The van der Waals surface area contributed by atoms with Crippen molar-refractivity contribution in [3.05, 3.63) is 41.3 Å². The zero-order valence-corrected chi connectivity index (χ0v) is 17.3. The molecule has 0 bridgehead atoms. The lowest BCUT2D eigenvalue weighted by Gasteiger charge is -2.21. The second-order valence-corrected chi connectivity index (χ2v) is 9.06. The van der Waals surface area contributed by atoms with Crippen LogP contribution in [0, 0.1) is 5.92 Å². The van der Waals surface area contributed by atoms with Crippen LogP contribution in [0.5, 0.6) is 11.5 Å². The minimum absolute atomic E-state index is 0.178. The fourth-order valence-corrected chi connectivity index (χ4v) is 4.78. The van der Waals surface area contributed by atoms with Gasteiger partial charge in [-0.3, -0.25) is 4.79 Å². The summed E-state index contributed by atoms with van der Waals surface area (Å²) in [5.41, 5.74) is 0.760. The molecule has 1 aromatic carbocycles. The first-order valence-electron chi connectivity index (χ1n) is 8.33.